The Kier molecular flexibility index (Phi) is 7.06. The molecule has 5 fully saturated rings. The van der Waals surface area contributed by atoms with Gasteiger partial charge in [-0.1, -0.05) is 27.7 Å². The molecule has 0 aromatic carbocycles. The van der Waals surface area contributed by atoms with Gasteiger partial charge < -0.3 is 14.8 Å². The number of rotatable bonds is 6. The van der Waals surface area contributed by atoms with Gasteiger partial charge in [-0.15, -0.1) is 0 Å². The van der Waals surface area contributed by atoms with Crippen LogP contribution in [0.4, 0.5) is 0 Å². The van der Waals surface area contributed by atoms with Crippen LogP contribution in [0.25, 0.3) is 0 Å². The molecule has 0 aromatic heterocycles. The minimum Gasteiger partial charge on any atom is -0.468 e. The Labute approximate surface area is 217 Å². The lowest BCUT2D eigenvalue weighted by molar-refractivity contribution is -0.141. The molecule has 36 heavy (non-hydrogen) atoms. The molecular weight excluding hydrogens is 454 g/mol. The van der Waals surface area contributed by atoms with Gasteiger partial charge in [-0.05, 0) is 97.7 Å². The smallest absolute Gasteiger partial charge is 0.325 e. The van der Waals surface area contributed by atoms with Gasteiger partial charge in [0.15, 0.2) is 0 Å². The zero-order valence-corrected chi connectivity index (χ0v) is 23.0. The van der Waals surface area contributed by atoms with Crippen LogP contribution in [0.3, 0.4) is 0 Å². The van der Waals surface area contributed by atoms with Gasteiger partial charge in [0.05, 0.1) is 19.3 Å². The van der Waals surface area contributed by atoms with Crippen LogP contribution in [0.2, 0.25) is 0 Å². The van der Waals surface area contributed by atoms with Crippen molar-refractivity contribution < 1.29 is 23.9 Å². The maximum Gasteiger partial charge on any atom is 0.325 e. The number of carbonyl (C=O) groups is 3. The van der Waals surface area contributed by atoms with E-state index in [1.807, 2.05) is 6.92 Å². The number of amides is 1. The van der Waals surface area contributed by atoms with Crippen LogP contribution in [-0.2, 0) is 23.9 Å². The number of esters is 1. The monoisotopic (exact) mass is 501 g/mol. The first-order chi connectivity index (χ1) is 17.1. The van der Waals surface area contributed by atoms with Gasteiger partial charge in [-0.2, -0.15) is 0 Å². The molecule has 5 rings (SSSR count). The second-order valence-corrected chi connectivity index (χ2v) is 13.6. The van der Waals surface area contributed by atoms with Gasteiger partial charge in [-0.3, -0.25) is 14.4 Å². The molecule has 0 aromatic rings. The second kappa shape index (κ2) is 9.71. The third-order valence-electron chi connectivity index (χ3n) is 12.0. The quantitative estimate of drug-likeness (QED) is 0.522. The highest BCUT2D eigenvalue weighted by atomic mass is 16.5. The van der Waals surface area contributed by atoms with Crippen molar-refractivity contribution in [3.05, 3.63) is 0 Å². The first kappa shape index (κ1) is 26.2. The number of fused-ring (bicyclic) bond motifs is 7. The topological polar surface area (TPSA) is 81.7 Å². The molecule has 4 aliphatic carbocycles. The summed E-state index contributed by atoms with van der Waals surface area (Å²) in [4.78, 5) is 35.9. The average Bonchev–Trinajstić information content (AvgIpc) is 3.34. The van der Waals surface area contributed by atoms with Gasteiger partial charge in [-0.25, -0.2) is 0 Å². The predicted molar refractivity (Wildman–Crippen MR) is 137 cm³/mol. The van der Waals surface area contributed by atoms with E-state index in [4.69, 9.17) is 4.74 Å². The summed E-state index contributed by atoms with van der Waals surface area (Å²) >= 11 is 0. The highest BCUT2D eigenvalue weighted by Gasteiger charge is 2.65. The minimum atomic E-state index is -0.423. The third kappa shape index (κ3) is 4.23. The van der Waals surface area contributed by atoms with Gasteiger partial charge >= 0.3 is 5.97 Å². The summed E-state index contributed by atoms with van der Waals surface area (Å²) in [7, 11) is 1.33. The van der Waals surface area contributed by atoms with Gasteiger partial charge in [0.25, 0.3) is 0 Å². The van der Waals surface area contributed by atoms with Gasteiger partial charge in [0, 0.05) is 18.8 Å². The van der Waals surface area contributed by atoms with Crippen LogP contribution in [0.15, 0.2) is 0 Å². The van der Waals surface area contributed by atoms with Crippen LogP contribution < -0.4 is 5.32 Å². The molecule has 6 heteroatoms. The highest BCUT2D eigenvalue weighted by Crippen LogP contribution is 2.69. The van der Waals surface area contributed by atoms with Crippen molar-refractivity contribution in [2.75, 3.05) is 13.7 Å². The summed E-state index contributed by atoms with van der Waals surface area (Å²) < 4.78 is 11.4. The van der Waals surface area contributed by atoms with E-state index in [0.717, 1.165) is 49.9 Å². The van der Waals surface area contributed by atoms with Crippen LogP contribution in [-0.4, -0.2) is 43.5 Å². The molecule has 1 N–H and O–H groups in total. The minimum absolute atomic E-state index is 0.0713. The molecule has 202 valence electrons. The molecule has 0 bridgehead atoms. The summed E-state index contributed by atoms with van der Waals surface area (Å²) in [6, 6.07) is 0. The van der Waals surface area contributed by atoms with Crippen LogP contribution >= 0.6 is 0 Å². The molecule has 11 atom stereocenters. The molecule has 1 amide bonds. The lowest BCUT2D eigenvalue weighted by Crippen LogP contribution is -2.54. The summed E-state index contributed by atoms with van der Waals surface area (Å²) in [6.45, 7) is 9.35. The standard InChI is InChI=1S/C30H47NO5/c1-17(28(34)31-16-26(33)35-5)6-9-24-18(2)27-25(36-24)15-23-21-8-7-19-14-20(32)10-12-29(19,3)22(21)11-13-30(23,27)4/h17-19,21-25,27H,6-16H2,1-5H3,(H,31,34)/t17-,18+,19+,21+,22-,23-,24+,25-,27-,29-,30-/m0/s1. The van der Waals surface area contributed by atoms with E-state index in [1.54, 1.807) is 0 Å². The van der Waals surface area contributed by atoms with Crippen molar-refractivity contribution >= 4 is 17.7 Å². The normalized spacial score (nSPS) is 46.2. The maximum absolute atomic E-state index is 12.4. The number of ether oxygens (including phenoxy) is 2. The number of methoxy groups -OCH3 is 1. The Bertz CT molecular complexity index is 889. The van der Waals surface area contributed by atoms with Crippen molar-refractivity contribution in [2.45, 2.75) is 104 Å². The van der Waals surface area contributed by atoms with E-state index in [1.165, 1.54) is 39.2 Å². The second-order valence-electron chi connectivity index (χ2n) is 13.6. The summed E-state index contributed by atoms with van der Waals surface area (Å²) in [5.74, 6) is 3.86. The largest absolute Gasteiger partial charge is 0.468 e. The molecule has 5 aliphatic rings. The Morgan fingerprint density at radius 3 is 2.67 bits per heavy atom. The van der Waals surface area contributed by atoms with E-state index in [9.17, 15) is 14.4 Å². The van der Waals surface area contributed by atoms with Gasteiger partial charge in [0.2, 0.25) is 5.91 Å². The van der Waals surface area contributed by atoms with Crippen LogP contribution in [0, 0.1) is 52.3 Å². The molecule has 0 unspecified atom stereocenters. The highest BCUT2D eigenvalue weighted by molar-refractivity contribution is 5.83. The number of nitrogens with one attached hydrogen (secondary N) is 1. The van der Waals surface area contributed by atoms with Crippen LogP contribution in [0.1, 0.15) is 91.9 Å². The fraction of sp³-hybridized carbons (Fsp3) is 0.900. The molecule has 4 saturated carbocycles. The summed E-state index contributed by atoms with van der Waals surface area (Å²) in [6.07, 6.45) is 11.3. The number of hydrogen-bond acceptors (Lipinski definition) is 5. The van der Waals surface area contributed by atoms with E-state index in [0.29, 0.717) is 40.5 Å². The number of carbonyl (C=O) groups excluding carboxylic acids is 3. The zero-order chi connectivity index (χ0) is 25.8. The predicted octanol–water partition coefficient (Wildman–Crippen LogP) is 4.93. The Morgan fingerprint density at radius 2 is 1.92 bits per heavy atom. The van der Waals surface area contributed by atoms with Crippen molar-refractivity contribution in [1.82, 2.24) is 5.32 Å². The van der Waals surface area contributed by atoms with Crippen LogP contribution in [0.5, 0.6) is 0 Å². The fourth-order valence-corrected chi connectivity index (χ4v) is 10.0. The maximum atomic E-state index is 12.4. The lowest BCUT2D eigenvalue weighted by atomic mass is 9.44. The first-order valence-electron chi connectivity index (χ1n) is 14.6. The molecule has 1 saturated heterocycles. The Balaban J connectivity index is 1.21. The fourth-order valence-electron chi connectivity index (χ4n) is 10.0. The van der Waals surface area contributed by atoms with E-state index in [2.05, 4.69) is 30.8 Å². The first-order valence-corrected chi connectivity index (χ1v) is 14.6. The SMILES string of the molecule is COC(=O)CNC(=O)[C@@H](C)CC[C@H]1O[C@H]2C[C@H]3[C@@H]4CC[C@@H]5CC(=O)CC[C@]5(C)[C@H]4CC[C@]3(C)[C@H]2[C@@H]1C. The molecule has 0 radical (unpaired) electrons. The summed E-state index contributed by atoms with van der Waals surface area (Å²) in [5.41, 5.74) is 0.701. The number of hydrogen-bond donors (Lipinski definition) is 1. The molecular formula is C30H47NO5. The Morgan fingerprint density at radius 1 is 1.14 bits per heavy atom. The summed E-state index contributed by atoms with van der Waals surface area (Å²) in [5, 5.41) is 2.68. The van der Waals surface area contributed by atoms with Crippen molar-refractivity contribution in [3.63, 3.8) is 0 Å². The third-order valence-corrected chi connectivity index (χ3v) is 12.0. The lowest BCUT2D eigenvalue weighted by Gasteiger charge is -2.60. The average molecular weight is 502 g/mol. The van der Waals surface area contributed by atoms with Crippen molar-refractivity contribution in [3.8, 4) is 0 Å². The zero-order valence-electron chi connectivity index (χ0n) is 23.0. The van der Waals surface area contributed by atoms with E-state index in [-0.39, 0.29) is 24.5 Å². The van der Waals surface area contributed by atoms with E-state index < -0.39 is 5.97 Å². The van der Waals surface area contributed by atoms with Crippen molar-refractivity contribution in [2.24, 2.45) is 52.3 Å². The molecule has 1 aliphatic heterocycles. The van der Waals surface area contributed by atoms with Crippen molar-refractivity contribution in [1.29, 1.82) is 0 Å². The van der Waals surface area contributed by atoms with Gasteiger partial charge in [0.1, 0.15) is 12.3 Å². The number of ketones is 1. The molecule has 0 spiro atoms. The number of Topliss-reactive ketones (excluding diaryl/α,β-unsaturated/α-hetero) is 1. The Hall–Kier alpha value is -1.43. The molecule has 1 heterocycles. The molecule has 6 nitrogen and oxygen atoms in total. The van der Waals surface area contributed by atoms with E-state index >= 15 is 0 Å².